The lowest BCUT2D eigenvalue weighted by Gasteiger charge is -2.23. The van der Waals surface area contributed by atoms with Gasteiger partial charge in [0.15, 0.2) is 11.5 Å². The Hall–Kier alpha value is -2.44. The van der Waals surface area contributed by atoms with Gasteiger partial charge >= 0.3 is 6.03 Å². The van der Waals surface area contributed by atoms with Crippen LogP contribution in [0.4, 0.5) is 10.5 Å². The molecule has 0 aliphatic heterocycles. The molecular weight excluding hydrogens is 334 g/mol. The van der Waals surface area contributed by atoms with Gasteiger partial charge < -0.3 is 20.1 Å². The maximum absolute atomic E-state index is 12.3. The van der Waals surface area contributed by atoms with Gasteiger partial charge in [-0.3, -0.25) is 10.1 Å². The minimum absolute atomic E-state index is 0.160. The molecule has 144 valence electrons. The van der Waals surface area contributed by atoms with Crippen molar-refractivity contribution in [3.8, 4) is 11.5 Å². The average Bonchev–Trinajstić information content (AvgIpc) is 2.63. The first-order valence-corrected chi connectivity index (χ1v) is 9.05. The zero-order valence-corrected chi connectivity index (χ0v) is 16.0. The van der Waals surface area contributed by atoms with Crippen LogP contribution in [0.15, 0.2) is 12.1 Å². The third-order valence-corrected chi connectivity index (χ3v) is 4.67. The van der Waals surface area contributed by atoms with Gasteiger partial charge in [0.2, 0.25) is 5.91 Å². The Labute approximate surface area is 154 Å². The van der Waals surface area contributed by atoms with E-state index in [-0.39, 0.29) is 11.9 Å². The summed E-state index contributed by atoms with van der Waals surface area (Å²) >= 11 is 0. The maximum atomic E-state index is 12.3. The van der Waals surface area contributed by atoms with Crippen molar-refractivity contribution in [3.63, 3.8) is 0 Å². The quantitative estimate of drug-likeness (QED) is 0.723. The molecule has 1 atom stereocenters. The average molecular weight is 363 g/mol. The van der Waals surface area contributed by atoms with Gasteiger partial charge in [-0.2, -0.15) is 0 Å². The molecule has 3 N–H and O–H groups in total. The van der Waals surface area contributed by atoms with Gasteiger partial charge in [-0.15, -0.1) is 0 Å². The minimum atomic E-state index is -0.580. The number of hydrogen-bond donors (Lipinski definition) is 3. The molecule has 7 nitrogen and oxygen atoms in total. The highest BCUT2D eigenvalue weighted by Crippen LogP contribution is 2.33. The minimum Gasteiger partial charge on any atom is -0.493 e. The lowest BCUT2D eigenvalue weighted by molar-refractivity contribution is -0.120. The highest BCUT2D eigenvalue weighted by atomic mass is 16.5. The Balaban J connectivity index is 1.92. The summed E-state index contributed by atoms with van der Waals surface area (Å²) in [6.07, 6.45) is 5.40. The van der Waals surface area contributed by atoms with Crippen molar-refractivity contribution >= 4 is 17.6 Å². The van der Waals surface area contributed by atoms with Gasteiger partial charge in [0.25, 0.3) is 0 Å². The number of rotatable bonds is 6. The van der Waals surface area contributed by atoms with Crippen LogP contribution in [-0.4, -0.2) is 38.2 Å². The van der Waals surface area contributed by atoms with Crippen molar-refractivity contribution in [2.24, 2.45) is 0 Å². The molecule has 1 aliphatic carbocycles. The first-order chi connectivity index (χ1) is 12.4. The van der Waals surface area contributed by atoms with E-state index in [1.165, 1.54) is 6.42 Å². The van der Waals surface area contributed by atoms with E-state index in [1.807, 2.05) is 13.0 Å². The summed E-state index contributed by atoms with van der Waals surface area (Å²) in [4.78, 5) is 24.3. The van der Waals surface area contributed by atoms with Crippen molar-refractivity contribution in [3.05, 3.63) is 17.7 Å². The number of ether oxygens (including phenoxy) is 2. The number of aryl methyl sites for hydroxylation is 1. The molecule has 26 heavy (non-hydrogen) atoms. The largest absolute Gasteiger partial charge is 0.493 e. The van der Waals surface area contributed by atoms with Crippen LogP contribution in [-0.2, 0) is 4.79 Å². The fourth-order valence-corrected chi connectivity index (χ4v) is 3.12. The molecule has 0 heterocycles. The first kappa shape index (κ1) is 19.9. The Bertz CT molecular complexity index is 642. The fraction of sp³-hybridized carbons (Fsp3) is 0.579. The molecule has 0 radical (unpaired) electrons. The predicted octanol–water partition coefficient (Wildman–Crippen LogP) is 2.97. The monoisotopic (exact) mass is 363 g/mol. The highest BCUT2D eigenvalue weighted by molar-refractivity contribution is 5.98. The van der Waals surface area contributed by atoms with E-state index in [0.29, 0.717) is 11.5 Å². The van der Waals surface area contributed by atoms with Gasteiger partial charge in [0.1, 0.15) is 6.04 Å². The van der Waals surface area contributed by atoms with Gasteiger partial charge in [-0.1, -0.05) is 19.3 Å². The Morgan fingerprint density at radius 1 is 1.08 bits per heavy atom. The third-order valence-electron chi connectivity index (χ3n) is 4.67. The number of benzene rings is 1. The number of methoxy groups -OCH3 is 2. The number of hydrogen-bond acceptors (Lipinski definition) is 5. The molecular formula is C19H29N3O4. The van der Waals surface area contributed by atoms with E-state index in [2.05, 4.69) is 16.0 Å². The van der Waals surface area contributed by atoms with Crippen LogP contribution < -0.4 is 25.4 Å². The van der Waals surface area contributed by atoms with Crippen molar-refractivity contribution in [2.45, 2.75) is 58.0 Å². The number of nitrogens with one attached hydrogen (secondary N) is 3. The zero-order valence-electron chi connectivity index (χ0n) is 16.0. The molecule has 0 bridgehead atoms. The predicted molar refractivity (Wildman–Crippen MR) is 101 cm³/mol. The van der Waals surface area contributed by atoms with Crippen LogP contribution in [0, 0.1) is 6.92 Å². The summed E-state index contributed by atoms with van der Waals surface area (Å²) in [5.41, 5.74) is 1.66. The lowest BCUT2D eigenvalue weighted by Crippen LogP contribution is -2.49. The lowest BCUT2D eigenvalue weighted by atomic mass is 9.96. The Kier molecular flexibility index (Phi) is 7.12. The third kappa shape index (κ3) is 5.28. The van der Waals surface area contributed by atoms with Gasteiger partial charge in [-0.05, 0) is 38.3 Å². The SMILES string of the molecule is COc1cc(C)c(N[C@H](C)C(=O)NC(=O)NC2CCCCC2)cc1OC. The van der Waals surface area contributed by atoms with E-state index in [1.54, 1.807) is 27.2 Å². The molecule has 1 saturated carbocycles. The summed E-state index contributed by atoms with van der Waals surface area (Å²) in [6.45, 7) is 3.62. The van der Waals surface area contributed by atoms with E-state index >= 15 is 0 Å². The highest BCUT2D eigenvalue weighted by Gasteiger charge is 2.20. The molecule has 1 fully saturated rings. The Morgan fingerprint density at radius 3 is 2.31 bits per heavy atom. The summed E-state index contributed by atoms with van der Waals surface area (Å²) in [7, 11) is 3.13. The van der Waals surface area contributed by atoms with E-state index in [0.717, 1.165) is 36.9 Å². The smallest absolute Gasteiger partial charge is 0.321 e. The number of anilines is 1. The van der Waals surface area contributed by atoms with Crippen LogP contribution in [0.5, 0.6) is 11.5 Å². The number of urea groups is 1. The number of carbonyl (C=O) groups is 2. The summed E-state index contributed by atoms with van der Waals surface area (Å²) in [5.74, 6) is 0.815. The summed E-state index contributed by atoms with van der Waals surface area (Å²) in [5, 5.41) is 8.41. The summed E-state index contributed by atoms with van der Waals surface area (Å²) < 4.78 is 10.6. The maximum Gasteiger partial charge on any atom is 0.321 e. The van der Waals surface area contributed by atoms with Gasteiger partial charge in [-0.25, -0.2) is 4.79 Å². The molecule has 1 aliphatic rings. The van der Waals surface area contributed by atoms with E-state index in [4.69, 9.17) is 9.47 Å². The normalized spacial score (nSPS) is 15.7. The van der Waals surface area contributed by atoms with Gasteiger partial charge in [0.05, 0.1) is 14.2 Å². The van der Waals surface area contributed by atoms with Crippen LogP contribution in [0.3, 0.4) is 0 Å². The summed E-state index contributed by atoms with van der Waals surface area (Å²) in [6, 6.07) is 2.76. The van der Waals surface area contributed by atoms with Crippen molar-refractivity contribution < 1.29 is 19.1 Å². The standard InChI is InChI=1S/C19H29N3O4/c1-12-10-16(25-3)17(26-4)11-15(12)20-13(2)18(23)22-19(24)21-14-8-6-5-7-9-14/h10-11,13-14,20H,5-9H2,1-4H3,(H2,21,22,23,24)/t13-/m1/s1. The molecule has 7 heteroatoms. The molecule has 0 spiro atoms. The molecule has 1 aromatic rings. The van der Waals surface area contributed by atoms with E-state index < -0.39 is 12.1 Å². The fourth-order valence-electron chi connectivity index (χ4n) is 3.12. The van der Waals surface area contributed by atoms with Crippen molar-refractivity contribution in [1.82, 2.24) is 10.6 Å². The number of amides is 3. The topological polar surface area (TPSA) is 88.7 Å². The first-order valence-electron chi connectivity index (χ1n) is 9.05. The van der Waals surface area contributed by atoms with Crippen LogP contribution in [0.2, 0.25) is 0 Å². The van der Waals surface area contributed by atoms with Crippen LogP contribution >= 0.6 is 0 Å². The second-order valence-corrected chi connectivity index (χ2v) is 6.69. The number of imide groups is 1. The van der Waals surface area contributed by atoms with Crippen molar-refractivity contribution in [2.75, 3.05) is 19.5 Å². The van der Waals surface area contributed by atoms with Crippen LogP contribution in [0.1, 0.15) is 44.6 Å². The Morgan fingerprint density at radius 2 is 1.69 bits per heavy atom. The number of carbonyl (C=O) groups excluding carboxylic acids is 2. The van der Waals surface area contributed by atoms with Crippen LogP contribution in [0.25, 0.3) is 0 Å². The molecule has 0 unspecified atom stereocenters. The molecule has 3 amide bonds. The molecule has 1 aromatic carbocycles. The van der Waals surface area contributed by atoms with E-state index in [9.17, 15) is 9.59 Å². The zero-order chi connectivity index (χ0) is 19.1. The van der Waals surface area contributed by atoms with Gasteiger partial charge in [0, 0.05) is 17.8 Å². The second-order valence-electron chi connectivity index (χ2n) is 6.69. The molecule has 2 rings (SSSR count). The second kappa shape index (κ2) is 9.31. The molecule has 0 aromatic heterocycles. The van der Waals surface area contributed by atoms with Crippen molar-refractivity contribution in [1.29, 1.82) is 0 Å². The molecule has 0 saturated heterocycles.